The van der Waals surface area contributed by atoms with Crippen molar-refractivity contribution in [3.05, 3.63) is 35.4 Å². The Bertz CT molecular complexity index is 540. The summed E-state index contributed by atoms with van der Waals surface area (Å²) >= 11 is 0. The number of benzene rings is 1. The summed E-state index contributed by atoms with van der Waals surface area (Å²) in [5, 5.41) is 5.82. The molecule has 1 aromatic rings. The number of carbonyl (C=O) groups excluding carboxylic acids is 1. The Hall–Kier alpha value is -1.02. The Labute approximate surface area is 165 Å². The first-order chi connectivity index (χ1) is 11.2. The molecule has 0 aliphatic rings. The van der Waals surface area contributed by atoms with Gasteiger partial charge in [-0.3, -0.25) is 9.69 Å². The van der Waals surface area contributed by atoms with Crippen LogP contribution in [0.15, 0.2) is 24.3 Å². The van der Waals surface area contributed by atoms with Gasteiger partial charge in [0.15, 0.2) is 0 Å². The van der Waals surface area contributed by atoms with E-state index in [4.69, 9.17) is 0 Å². The van der Waals surface area contributed by atoms with Gasteiger partial charge in [-0.2, -0.15) is 13.2 Å². The lowest BCUT2D eigenvalue weighted by molar-refractivity contribution is -0.138. The Morgan fingerprint density at radius 2 is 1.77 bits per heavy atom. The lowest BCUT2D eigenvalue weighted by Crippen LogP contribution is -2.44. The third-order valence-electron chi connectivity index (χ3n) is 4.03. The highest BCUT2D eigenvalue weighted by molar-refractivity contribution is 5.85. The van der Waals surface area contributed by atoms with Crippen LogP contribution in [0.2, 0.25) is 0 Å². The van der Waals surface area contributed by atoms with E-state index in [0.717, 1.165) is 12.1 Å². The van der Waals surface area contributed by atoms with Crippen molar-refractivity contribution >= 4 is 30.7 Å². The van der Waals surface area contributed by atoms with E-state index < -0.39 is 17.8 Å². The number of nitrogens with zero attached hydrogens (tertiary/aromatic N) is 1. The molecule has 0 radical (unpaired) electrons. The number of nitrogens with one attached hydrogen (secondary N) is 2. The van der Waals surface area contributed by atoms with Crippen molar-refractivity contribution in [2.24, 2.45) is 0 Å². The fourth-order valence-electron chi connectivity index (χ4n) is 2.45. The van der Waals surface area contributed by atoms with Gasteiger partial charge >= 0.3 is 6.18 Å². The predicted molar refractivity (Wildman–Crippen MR) is 103 cm³/mol. The van der Waals surface area contributed by atoms with Crippen LogP contribution in [0.1, 0.15) is 37.9 Å². The summed E-state index contributed by atoms with van der Waals surface area (Å²) < 4.78 is 38.9. The maximum absolute atomic E-state index is 13.0. The summed E-state index contributed by atoms with van der Waals surface area (Å²) in [6, 6.07) is 4.32. The molecule has 1 rings (SSSR count). The monoisotopic (exact) mass is 417 g/mol. The molecule has 2 unspecified atom stereocenters. The number of rotatable bonds is 8. The molecule has 2 N–H and O–H groups in total. The van der Waals surface area contributed by atoms with Gasteiger partial charge in [-0.25, -0.2) is 0 Å². The second-order valence-corrected chi connectivity index (χ2v) is 5.68. The molecule has 4 nitrogen and oxygen atoms in total. The number of hydrogen-bond acceptors (Lipinski definition) is 3. The molecule has 2 atom stereocenters. The van der Waals surface area contributed by atoms with Gasteiger partial charge in [-0.1, -0.05) is 26.0 Å². The zero-order valence-electron chi connectivity index (χ0n) is 15.4. The lowest BCUT2D eigenvalue weighted by Gasteiger charge is -2.30. The van der Waals surface area contributed by atoms with Crippen LogP contribution in [0.5, 0.6) is 0 Å². The van der Waals surface area contributed by atoms with Crippen LogP contribution in [-0.2, 0) is 11.0 Å². The standard InChI is InChI=1S/C17H26F3N3O.2ClH/c1-5-23(6-2)15(16(24)22-11-12(3)21-4)13-8-7-9-14(10-13)17(18,19)20;;/h7-10,12,15,21H,5-6,11H2,1-4H3,(H,22,24);2*1H. The minimum Gasteiger partial charge on any atom is -0.353 e. The van der Waals surface area contributed by atoms with Crippen molar-refractivity contribution < 1.29 is 18.0 Å². The van der Waals surface area contributed by atoms with E-state index in [1.165, 1.54) is 6.07 Å². The number of alkyl halides is 3. The molecule has 0 aromatic heterocycles. The maximum atomic E-state index is 13.0. The van der Waals surface area contributed by atoms with Crippen LogP contribution >= 0.6 is 24.8 Å². The third kappa shape index (κ3) is 7.70. The minimum atomic E-state index is -4.43. The number of halogens is 5. The zero-order chi connectivity index (χ0) is 18.3. The molecule has 0 aliphatic heterocycles. The fourth-order valence-corrected chi connectivity index (χ4v) is 2.45. The van der Waals surface area contributed by atoms with E-state index in [1.807, 2.05) is 25.7 Å². The SMILES string of the molecule is CCN(CC)C(C(=O)NCC(C)NC)c1cccc(C(F)(F)F)c1.Cl.Cl. The van der Waals surface area contributed by atoms with Gasteiger partial charge in [-0.05, 0) is 44.8 Å². The van der Waals surface area contributed by atoms with Crippen molar-refractivity contribution in [1.82, 2.24) is 15.5 Å². The van der Waals surface area contributed by atoms with E-state index in [0.29, 0.717) is 25.2 Å². The minimum absolute atomic E-state index is 0. The van der Waals surface area contributed by atoms with Gasteiger partial charge in [0.1, 0.15) is 6.04 Å². The van der Waals surface area contributed by atoms with E-state index in [2.05, 4.69) is 10.6 Å². The number of hydrogen-bond donors (Lipinski definition) is 2. The van der Waals surface area contributed by atoms with Crippen LogP contribution in [0, 0.1) is 0 Å². The van der Waals surface area contributed by atoms with E-state index >= 15 is 0 Å². The van der Waals surface area contributed by atoms with Crippen LogP contribution in [0.3, 0.4) is 0 Å². The first-order valence-corrected chi connectivity index (χ1v) is 8.10. The Morgan fingerprint density at radius 1 is 1.19 bits per heavy atom. The molecule has 1 aromatic carbocycles. The summed E-state index contributed by atoms with van der Waals surface area (Å²) in [5.74, 6) is -0.292. The molecule has 0 spiro atoms. The second kappa shape index (κ2) is 12.4. The maximum Gasteiger partial charge on any atom is 0.416 e. The van der Waals surface area contributed by atoms with Crippen molar-refractivity contribution in [3.8, 4) is 0 Å². The van der Waals surface area contributed by atoms with Gasteiger partial charge in [-0.15, -0.1) is 24.8 Å². The second-order valence-electron chi connectivity index (χ2n) is 5.68. The van der Waals surface area contributed by atoms with Crippen molar-refractivity contribution in [2.45, 2.75) is 39.0 Å². The molecule has 152 valence electrons. The summed E-state index contributed by atoms with van der Waals surface area (Å²) in [6.45, 7) is 7.21. The summed E-state index contributed by atoms with van der Waals surface area (Å²) in [7, 11) is 1.78. The van der Waals surface area contributed by atoms with Gasteiger partial charge in [0.25, 0.3) is 0 Å². The zero-order valence-corrected chi connectivity index (χ0v) is 17.0. The fraction of sp³-hybridized carbons (Fsp3) is 0.588. The third-order valence-corrected chi connectivity index (χ3v) is 4.03. The summed E-state index contributed by atoms with van der Waals surface area (Å²) in [4.78, 5) is 14.5. The largest absolute Gasteiger partial charge is 0.416 e. The van der Waals surface area contributed by atoms with Crippen LogP contribution in [-0.4, -0.2) is 43.5 Å². The van der Waals surface area contributed by atoms with E-state index in [9.17, 15) is 18.0 Å². The molecule has 0 bridgehead atoms. The topological polar surface area (TPSA) is 44.4 Å². The summed E-state index contributed by atoms with van der Waals surface area (Å²) in [5.41, 5.74) is -0.392. The first-order valence-electron chi connectivity index (χ1n) is 8.10. The molecular weight excluding hydrogens is 390 g/mol. The van der Waals surface area contributed by atoms with Crippen LogP contribution in [0.4, 0.5) is 13.2 Å². The average Bonchev–Trinajstić information content (AvgIpc) is 2.56. The molecule has 0 saturated carbocycles. The van der Waals surface area contributed by atoms with Gasteiger partial charge in [0.2, 0.25) is 5.91 Å². The van der Waals surface area contributed by atoms with Crippen LogP contribution < -0.4 is 10.6 Å². The average molecular weight is 418 g/mol. The molecule has 0 saturated heterocycles. The highest BCUT2D eigenvalue weighted by Crippen LogP contribution is 2.32. The Balaban J connectivity index is 0. The number of likely N-dealkylation sites (N-methyl/N-ethyl adjacent to an activating group) is 2. The van der Waals surface area contributed by atoms with E-state index in [-0.39, 0.29) is 36.8 Å². The smallest absolute Gasteiger partial charge is 0.353 e. The summed E-state index contributed by atoms with van der Waals surface area (Å²) in [6.07, 6.45) is -4.43. The highest BCUT2D eigenvalue weighted by Gasteiger charge is 2.33. The number of carbonyl (C=O) groups is 1. The van der Waals surface area contributed by atoms with Crippen molar-refractivity contribution in [3.63, 3.8) is 0 Å². The van der Waals surface area contributed by atoms with Gasteiger partial charge in [0, 0.05) is 12.6 Å². The van der Waals surface area contributed by atoms with E-state index in [1.54, 1.807) is 13.1 Å². The number of amides is 1. The van der Waals surface area contributed by atoms with Crippen molar-refractivity contribution in [1.29, 1.82) is 0 Å². The molecule has 26 heavy (non-hydrogen) atoms. The highest BCUT2D eigenvalue weighted by atomic mass is 35.5. The molecule has 0 fully saturated rings. The van der Waals surface area contributed by atoms with Gasteiger partial charge in [0.05, 0.1) is 5.56 Å². The lowest BCUT2D eigenvalue weighted by atomic mass is 10.0. The van der Waals surface area contributed by atoms with Gasteiger partial charge < -0.3 is 10.6 Å². The molecule has 0 aliphatic carbocycles. The van der Waals surface area contributed by atoms with Crippen LogP contribution in [0.25, 0.3) is 0 Å². The molecule has 0 heterocycles. The first kappa shape index (κ1) is 27.2. The quantitative estimate of drug-likeness (QED) is 0.678. The Kier molecular flexibility index (Phi) is 13.0. The predicted octanol–water partition coefficient (Wildman–Crippen LogP) is 3.66. The molecule has 9 heteroatoms. The Morgan fingerprint density at radius 3 is 2.23 bits per heavy atom. The van der Waals surface area contributed by atoms with Crippen molar-refractivity contribution in [2.75, 3.05) is 26.7 Å². The normalized spacial score (nSPS) is 13.4. The molecular formula is C17H28Cl2F3N3O. The molecule has 1 amide bonds.